The Kier molecular flexibility index (Phi) is 7.80. The van der Waals surface area contributed by atoms with E-state index in [-0.39, 0.29) is 24.9 Å². The minimum absolute atomic E-state index is 0.0700. The molecule has 2 aromatic rings. The lowest BCUT2D eigenvalue weighted by Gasteiger charge is -2.35. The van der Waals surface area contributed by atoms with E-state index in [2.05, 4.69) is 50.4 Å². The predicted molar refractivity (Wildman–Crippen MR) is 119 cm³/mol. The van der Waals surface area contributed by atoms with E-state index in [0.717, 1.165) is 42.9 Å². The van der Waals surface area contributed by atoms with Crippen LogP contribution in [-0.4, -0.2) is 72.8 Å². The van der Waals surface area contributed by atoms with Crippen molar-refractivity contribution >= 4 is 33.4 Å². The number of carbonyl (C=O) groups is 2. The second-order valence-electron chi connectivity index (χ2n) is 7.34. The maximum absolute atomic E-state index is 12.6. The van der Waals surface area contributed by atoms with E-state index in [0.29, 0.717) is 0 Å². The van der Waals surface area contributed by atoms with Gasteiger partial charge in [0.25, 0.3) is 0 Å². The van der Waals surface area contributed by atoms with E-state index in [1.807, 2.05) is 35.2 Å². The van der Waals surface area contributed by atoms with E-state index in [4.69, 9.17) is 0 Å². The number of carbonyl (C=O) groups excluding carboxylic acids is 2. The molecule has 0 bridgehead atoms. The number of nitrogens with one attached hydrogen (secondary N) is 1. The molecule has 3 rings (SSSR count). The zero-order valence-electron chi connectivity index (χ0n) is 16.7. The highest BCUT2D eigenvalue weighted by molar-refractivity contribution is 9.10. The number of nitrogens with zero attached hydrogens (tertiary/aromatic N) is 3. The van der Waals surface area contributed by atoms with Crippen LogP contribution in [0.2, 0.25) is 0 Å². The summed E-state index contributed by atoms with van der Waals surface area (Å²) in [6, 6.07) is 17.9. The minimum atomic E-state index is -0.139. The molecule has 1 fully saturated rings. The fraction of sp³-hybridized carbons (Fsp3) is 0.364. The van der Waals surface area contributed by atoms with Crippen LogP contribution >= 0.6 is 15.9 Å². The molecule has 2 aromatic carbocycles. The summed E-state index contributed by atoms with van der Waals surface area (Å²) in [5, 5.41) is 2.86. The van der Waals surface area contributed by atoms with Gasteiger partial charge >= 0.3 is 0 Å². The SMILES string of the molecule is CN(CC(=O)Nc1ccccc1Br)CC(=O)N1CCN(Cc2ccccc2)CC1. The molecule has 0 aliphatic carbocycles. The van der Waals surface area contributed by atoms with Gasteiger partial charge in [0.1, 0.15) is 0 Å². The molecule has 2 amide bonds. The second kappa shape index (κ2) is 10.5. The third-order valence-electron chi connectivity index (χ3n) is 4.94. The lowest BCUT2D eigenvalue weighted by Crippen LogP contribution is -2.51. The summed E-state index contributed by atoms with van der Waals surface area (Å²) in [6.07, 6.45) is 0. The summed E-state index contributed by atoms with van der Waals surface area (Å²) in [7, 11) is 1.79. The fourth-order valence-electron chi connectivity index (χ4n) is 3.38. The number of benzene rings is 2. The van der Waals surface area contributed by atoms with Crippen LogP contribution in [0.5, 0.6) is 0 Å². The maximum Gasteiger partial charge on any atom is 0.238 e. The number of likely N-dealkylation sites (N-methyl/N-ethyl adjacent to an activating group) is 1. The van der Waals surface area contributed by atoms with Gasteiger partial charge in [0.15, 0.2) is 0 Å². The third kappa shape index (κ3) is 6.66. The summed E-state index contributed by atoms with van der Waals surface area (Å²) < 4.78 is 0.834. The van der Waals surface area contributed by atoms with Crippen LogP contribution in [0.25, 0.3) is 0 Å². The molecule has 1 aliphatic heterocycles. The standard InChI is InChI=1S/C22H27BrN4O2/c1-25(16-21(28)24-20-10-6-5-9-19(20)23)17-22(29)27-13-11-26(12-14-27)15-18-7-3-2-4-8-18/h2-10H,11-17H2,1H3,(H,24,28). The molecule has 0 atom stereocenters. The molecule has 0 aromatic heterocycles. The van der Waals surface area contributed by atoms with Crippen LogP contribution < -0.4 is 5.32 Å². The Balaban J connectivity index is 1.40. The molecule has 29 heavy (non-hydrogen) atoms. The van der Waals surface area contributed by atoms with Crippen LogP contribution in [-0.2, 0) is 16.1 Å². The maximum atomic E-state index is 12.6. The number of rotatable bonds is 7. The molecular formula is C22H27BrN4O2. The number of hydrogen-bond acceptors (Lipinski definition) is 4. The Morgan fingerprint density at radius 2 is 1.62 bits per heavy atom. The van der Waals surface area contributed by atoms with E-state index in [1.54, 1.807) is 11.9 Å². The Hall–Kier alpha value is -2.22. The molecular weight excluding hydrogens is 432 g/mol. The summed E-state index contributed by atoms with van der Waals surface area (Å²) in [5.41, 5.74) is 2.02. The highest BCUT2D eigenvalue weighted by Crippen LogP contribution is 2.21. The van der Waals surface area contributed by atoms with Gasteiger partial charge in [-0.25, -0.2) is 0 Å². The quantitative estimate of drug-likeness (QED) is 0.692. The van der Waals surface area contributed by atoms with Crippen molar-refractivity contribution in [2.75, 3.05) is 51.6 Å². The zero-order chi connectivity index (χ0) is 20.6. The molecule has 1 heterocycles. The van der Waals surface area contributed by atoms with Gasteiger partial charge < -0.3 is 10.2 Å². The molecule has 1 saturated heterocycles. The van der Waals surface area contributed by atoms with Gasteiger partial charge in [-0.2, -0.15) is 0 Å². The van der Waals surface area contributed by atoms with Crippen LogP contribution in [0.4, 0.5) is 5.69 Å². The third-order valence-corrected chi connectivity index (χ3v) is 5.63. The molecule has 1 N–H and O–H groups in total. The predicted octanol–water partition coefficient (Wildman–Crippen LogP) is 2.66. The summed E-state index contributed by atoms with van der Waals surface area (Å²) in [6.45, 7) is 4.51. The van der Waals surface area contributed by atoms with Gasteiger partial charge in [-0.15, -0.1) is 0 Å². The first kappa shape index (κ1) is 21.5. The Bertz CT molecular complexity index is 823. The highest BCUT2D eigenvalue weighted by atomic mass is 79.9. The van der Waals surface area contributed by atoms with Crippen molar-refractivity contribution in [1.82, 2.24) is 14.7 Å². The van der Waals surface area contributed by atoms with Gasteiger partial charge in [0.2, 0.25) is 11.8 Å². The van der Waals surface area contributed by atoms with Crippen LogP contribution in [0.1, 0.15) is 5.56 Å². The highest BCUT2D eigenvalue weighted by Gasteiger charge is 2.22. The molecule has 0 spiro atoms. The monoisotopic (exact) mass is 458 g/mol. The average molecular weight is 459 g/mol. The number of halogens is 1. The van der Waals surface area contributed by atoms with Crippen LogP contribution in [0.15, 0.2) is 59.1 Å². The Morgan fingerprint density at radius 1 is 0.966 bits per heavy atom. The first-order valence-corrected chi connectivity index (χ1v) is 10.6. The second-order valence-corrected chi connectivity index (χ2v) is 8.20. The summed E-state index contributed by atoms with van der Waals surface area (Å²) in [4.78, 5) is 30.9. The van der Waals surface area contributed by atoms with Gasteiger partial charge in [0, 0.05) is 37.2 Å². The lowest BCUT2D eigenvalue weighted by atomic mass is 10.2. The number of amides is 2. The summed E-state index contributed by atoms with van der Waals surface area (Å²) in [5.74, 6) is -0.0690. The number of anilines is 1. The van der Waals surface area contributed by atoms with Crippen molar-refractivity contribution < 1.29 is 9.59 Å². The van der Waals surface area contributed by atoms with Gasteiger partial charge in [-0.05, 0) is 40.7 Å². The van der Waals surface area contributed by atoms with Crippen molar-refractivity contribution in [2.24, 2.45) is 0 Å². The van der Waals surface area contributed by atoms with Crippen LogP contribution in [0, 0.1) is 0 Å². The lowest BCUT2D eigenvalue weighted by molar-refractivity contribution is -0.134. The average Bonchev–Trinajstić information content (AvgIpc) is 2.71. The smallest absolute Gasteiger partial charge is 0.238 e. The number of piperazine rings is 1. The van der Waals surface area contributed by atoms with E-state index >= 15 is 0 Å². The van der Waals surface area contributed by atoms with Gasteiger partial charge in [0.05, 0.1) is 18.8 Å². The largest absolute Gasteiger partial charge is 0.339 e. The van der Waals surface area contributed by atoms with E-state index < -0.39 is 0 Å². The topological polar surface area (TPSA) is 55.9 Å². The van der Waals surface area contributed by atoms with Crippen LogP contribution in [0.3, 0.4) is 0 Å². The molecule has 0 unspecified atom stereocenters. The van der Waals surface area contributed by atoms with Crippen molar-refractivity contribution in [2.45, 2.75) is 6.54 Å². The zero-order valence-corrected chi connectivity index (χ0v) is 18.3. The van der Waals surface area contributed by atoms with Gasteiger partial charge in [-0.3, -0.25) is 19.4 Å². The number of hydrogen-bond donors (Lipinski definition) is 1. The first-order chi connectivity index (χ1) is 14.0. The molecule has 7 heteroatoms. The molecule has 6 nitrogen and oxygen atoms in total. The molecule has 1 aliphatic rings. The van der Waals surface area contributed by atoms with Gasteiger partial charge in [-0.1, -0.05) is 42.5 Å². The van der Waals surface area contributed by atoms with Crippen molar-refractivity contribution in [3.05, 3.63) is 64.6 Å². The summed E-state index contributed by atoms with van der Waals surface area (Å²) >= 11 is 3.42. The first-order valence-electron chi connectivity index (χ1n) is 9.78. The molecule has 0 saturated carbocycles. The molecule has 154 valence electrons. The van der Waals surface area contributed by atoms with E-state index in [1.165, 1.54) is 5.56 Å². The van der Waals surface area contributed by atoms with E-state index in [9.17, 15) is 9.59 Å². The molecule has 0 radical (unpaired) electrons. The normalized spacial score (nSPS) is 14.8. The fourth-order valence-corrected chi connectivity index (χ4v) is 3.77. The van der Waals surface area contributed by atoms with Crippen molar-refractivity contribution in [3.63, 3.8) is 0 Å². The Morgan fingerprint density at radius 3 is 2.31 bits per heavy atom. The minimum Gasteiger partial charge on any atom is -0.339 e. The van der Waals surface area contributed by atoms with Crippen molar-refractivity contribution in [3.8, 4) is 0 Å². The Labute approximate surface area is 180 Å². The number of para-hydroxylation sites is 1. The van der Waals surface area contributed by atoms with Crippen molar-refractivity contribution in [1.29, 1.82) is 0 Å².